The summed E-state index contributed by atoms with van der Waals surface area (Å²) >= 11 is 0. The molecule has 2 aromatic heterocycles. The van der Waals surface area contributed by atoms with Crippen molar-refractivity contribution < 1.29 is 4.42 Å². The van der Waals surface area contributed by atoms with Crippen molar-refractivity contribution in [3.05, 3.63) is 64.4 Å². The molecule has 0 aliphatic carbocycles. The number of hydrogen-bond donors (Lipinski definition) is 2. The third kappa shape index (κ3) is 2.15. The van der Waals surface area contributed by atoms with Crippen LogP contribution in [0.2, 0.25) is 0 Å². The zero-order chi connectivity index (χ0) is 13.2. The minimum atomic E-state index is -0.433. The lowest BCUT2D eigenvalue weighted by atomic mass is 10.00. The second-order valence-electron chi connectivity index (χ2n) is 4.27. The standard InChI is InChI=1S/C14H13N3O2/c1-15-13(9-4-6-16-7-5-9)10-2-3-11-12(8-10)19-14(18)17-11/h2-8,13,15H,1H3,(H,17,18). The topological polar surface area (TPSA) is 70.9 Å². The normalized spacial score (nSPS) is 12.7. The first-order valence-electron chi connectivity index (χ1n) is 5.98. The van der Waals surface area contributed by atoms with E-state index in [0.29, 0.717) is 11.1 Å². The lowest BCUT2D eigenvalue weighted by Crippen LogP contribution is -2.17. The second kappa shape index (κ2) is 4.70. The summed E-state index contributed by atoms with van der Waals surface area (Å²) in [5.74, 6) is -0.433. The quantitative estimate of drug-likeness (QED) is 0.749. The van der Waals surface area contributed by atoms with Gasteiger partial charge in [0.1, 0.15) is 0 Å². The molecule has 1 unspecified atom stereocenters. The predicted molar refractivity (Wildman–Crippen MR) is 72.0 cm³/mol. The van der Waals surface area contributed by atoms with Crippen molar-refractivity contribution in [2.75, 3.05) is 7.05 Å². The highest BCUT2D eigenvalue weighted by Crippen LogP contribution is 2.23. The number of nitrogens with zero attached hydrogens (tertiary/aromatic N) is 1. The number of benzene rings is 1. The van der Waals surface area contributed by atoms with Crippen molar-refractivity contribution in [2.45, 2.75) is 6.04 Å². The first-order valence-corrected chi connectivity index (χ1v) is 5.98. The van der Waals surface area contributed by atoms with E-state index in [1.165, 1.54) is 0 Å². The minimum Gasteiger partial charge on any atom is -0.408 e. The van der Waals surface area contributed by atoms with E-state index >= 15 is 0 Å². The van der Waals surface area contributed by atoms with Crippen LogP contribution in [0.25, 0.3) is 11.1 Å². The van der Waals surface area contributed by atoms with Gasteiger partial charge in [-0.3, -0.25) is 9.97 Å². The van der Waals surface area contributed by atoms with Crippen molar-refractivity contribution in [2.24, 2.45) is 0 Å². The van der Waals surface area contributed by atoms with Crippen molar-refractivity contribution in [3.63, 3.8) is 0 Å². The summed E-state index contributed by atoms with van der Waals surface area (Å²) in [6.07, 6.45) is 3.52. The van der Waals surface area contributed by atoms with E-state index in [1.807, 2.05) is 37.4 Å². The number of H-pyrrole nitrogens is 1. The van der Waals surface area contributed by atoms with Gasteiger partial charge in [-0.1, -0.05) is 6.07 Å². The number of pyridine rings is 1. The third-order valence-corrected chi connectivity index (χ3v) is 3.11. The molecule has 19 heavy (non-hydrogen) atoms. The average molecular weight is 255 g/mol. The number of nitrogens with one attached hydrogen (secondary N) is 2. The predicted octanol–water partition coefficient (Wildman–Crippen LogP) is 1.82. The summed E-state index contributed by atoms with van der Waals surface area (Å²) in [4.78, 5) is 17.8. The Morgan fingerprint density at radius 1 is 1.21 bits per heavy atom. The van der Waals surface area contributed by atoms with Crippen molar-refractivity contribution in [1.29, 1.82) is 0 Å². The third-order valence-electron chi connectivity index (χ3n) is 3.11. The Morgan fingerprint density at radius 2 is 2.00 bits per heavy atom. The van der Waals surface area contributed by atoms with Gasteiger partial charge in [-0.15, -0.1) is 0 Å². The van der Waals surface area contributed by atoms with E-state index in [1.54, 1.807) is 12.4 Å². The Balaban J connectivity index is 2.08. The van der Waals surface area contributed by atoms with Crippen LogP contribution in [0.5, 0.6) is 0 Å². The van der Waals surface area contributed by atoms with Crippen LogP contribution < -0.4 is 11.1 Å². The molecule has 1 aromatic carbocycles. The molecule has 0 spiro atoms. The van der Waals surface area contributed by atoms with Gasteiger partial charge in [-0.05, 0) is 42.4 Å². The molecule has 0 amide bonds. The monoisotopic (exact) mass is 255 g/mol. The summed E-state index contributed by atoms with van der Waals surface area (Å²) in [5.41, 5.74) is 3.41. The van der Waals surface area contributed by atoms with Gasteiger partial charge < -0.3 is 9.73 Å². The first kappa shape index (κ1) is 11.7. The van der Waals surface area contributed by atoms with Crippen LogP contribution in [0, 0.1) is 0 Å². The number of fused-ring (bicyclic) bond motifs is 1. The molecule has 3 rings (SSSR count). The molecule has 5 heteroatoms. The minimum absolute atomic E-state index is 0.0348. The van der Waals surface area contributed by atoms with Gasteiger partial charge in [0.2, 0.25) is 0 Å². The van der Waals surface area contributed by atoms with E-state index in [2.05, 4.69) is 15.3 Å². The highest BCUT2D eigenvalue weighted by atomic mass is 16.4. The number of aromatic amines is 1. The molecule has 0 saturated heterocycles. The van der Waals surface area contributed by atoms with Crippen LogP contribution in [0.1, 0.15) is 17.2 Å². The molecule has 0 bridgehead atoms. The Bertz CT molecular complexity index is 746. The van der Waals surface area contributed by atoms with Crippen LogP contribution in [0.4, 0.5) is 0 Å². The number of hydrogen-bond acceptors (Lipinski definition) is 4. The van der Waals surface area contributed by atoms with E-state index in [0.717, 1.165) is 11.1 Å². The average Bonchev–Trinajstić information content (AvgIpc) is 2.80. The summed E-state index contributed by atoms with van der Waals surface area (Å²) < 4.78 is 5.09. The summed E-state index contributed by atoms with van der Waals surface area (Å²) in [5, 5.41) is 3.25. The summed E-state index contributed by atoms with van der Waals surface area (Å²) in [7, 11) is 1.89. The number of rotatable bonds is 3. The number of aromatic nitrogens is 2. The second-order valence-corrected chi connectivity index (χ2v) is 4.27. The van der Waals surface area contributed by atoms with E-state index in [9.17, 15) is 4.79 Å². The van der Waals surface area contributed by atoms with Crippen LogP contribution in [0.3, 0.4) is 0 Å². The lowest BCUT2D eigenvalue weighted by molar-refractivity contribution is 0.554. The van der Waals surface area contributed by atoms with Gasteiger partial charge in [0.05, 0.1) is 11.6 Å². The Morgan fingerprint density at radius 3 is 2.74 bits per heavy atom. The molecule has 2 heterocycles. The Labute approximate surface area is 109 Å². The van der Waals surface area contributed by atoms with Crippen LogP contribution in [-0.4, -0.2) is 17.0 Å². The lowest BCUT2D eigenvalue weighted by Gasteiger charge is -2.16. The summed E-state index contributed by atoms with van der Waals surface area (Å²) in [6.45, 7) is 0. The molecular formula is C14H13N3O2. The molecule has 0 radical (unpaired) electrons. The van der Waals surface area contributed by atoms with Crippen LogP contribution >= 0.6 is 0 Å². The molecule has 3 aromatic rings. The van der Waals surface area contributed by atoms with E-state index in [-0.39, 0.29) is 6.04 Å². The molecular weight excluding hydrogens is 242 g/mol. The van der Waals surface area contributed by atoms with Crippen molar-refractivity contribution >= 4 is 11.1 Å². The maximum atomic E-state index is 11.2. The molecule has 1 atom stereocenters. The molecule has 96 valence electrons. The molecule has 0 aliphatic heterocycles. The molecule has 2 N–H and O–H groups in total. The molecule has 0 saturated carbocycles. The van der Waals surface area contributed by atoms with Gasteiger partial charge >= 0.3 is 5.76 Å². The number of oxazole rings is 1. The fourth-order valence-corrected chi connectivity index (χ4v) is 2.22. The Kier molecular flexibility index (Phi) is 2.89. The molecule has 0 fully saturated rings. The van der Waals surface area contributed by atoms with Gasteiger partial charge in [-0.25, -0.2) is 4.79 Å². The van der Waals surface area contributed by atoms with Gasteiger partial charge in [-0.2, -0.15) is 0 Å². The fourth-order valence-electron chi connectivity index (χ4n) is 2.22. The van der Waals surface area contributed by atoms with Crippen molar-refractivity contribution in [1.82, 2.24) is 15.3 Å². The van der Waals surface area contributed by atoms with Crippen LogP contribution in [-0.2, 0) is 0 Å². The van der Waals surface area contributed by atoms with Gasteiger partial charge in [0.15, 0.2) is 5.58 Å². The van der Waals surface area contributed by atoms with Crippen LogP contribution in [0.15, 0.2) is 51.9 Å². The maximum Gasteiger partial charge on any atom is 0.417 e. The van der Waals surface area contributed by atoms with Gasteiger partial charge in [0, 0.05) is 12.4 Å². The SMILES string of the molecule is CNC(c1ccncc1)c1ccc2[nH]c(=O)oc2c1. The molecule has 0 aliphatic rings. The largest absolute Gasteiger partial charge is 0.417 e. The van der Waals surface area contributed by atoms with Crippen molar-refractivity contribution in [3.8, 4) is 0 Å². The summed E-state index contributed by atoms with van der Waals surface area (Å²) in [6, 6.07) is 9.63. The Hall–Kier alpha value is -2.40. The highest BCUT2D eigenvalue weighted by molar-refractivity contribution is 5.73. The highest BCUT2D eigenvalue weighted by Gasteiger charge is 2.13. The van der Waals surface area contributed by atoms with Gasteiger partial charge in [0.25, 0.3) is 0 Å². The smallest absolute Gasteiger partial charge is 0.408 e. The van der Waals surface area contributed by atoms with E-state index < -0.39 is 5.76 Å². The zero-order valence-corrected chi connectivity index (χ0v) is 10.4. The fraction of sp³-hybridized carbons (Fsp3) is 0.143. The zero-order valence-electron chi connectivity index (χ0n) is 10.4. The molecule has 5 nitrogen and oxygen atoms in total. The maximum absolute atomic E-state index is 11.2. The van der Waals surface area contributed by atoms with E-state index in [4.69, 9.17) is 4.42 Å². The first-order chi connectivity index (χ1) is 9.28.